The molecule has 0 bridgehead atoms. The minimum atomic E-state index is 0.759. The molecule has 0 aromatic rings. The third-order valence-electron chi connectivity index (χ3n) is 3.12. The average molecular weight is 212 g/mol. The Labute approximate surface area is 95.4 Å². The number of hydrogen-bond donors (Lipinski definition) is 1. The van der Waals surface area contributed by atoms with E-state index in [2.05, 4.69) is 38.0 Å². The molecule has 0 aromatic carbocycles. The molecule has 0 amide bonds. The highest BCUT2D eigenvalue weighted by Gasteiger charge is 2.33. The van der Waals surface area contributed by atoms with Crippen LogP contribution in [-0.2, 0) is 0 Å². The van der Waals surface area contributed by atoms with Crippen LogP contribution in [0.3, 0.4) is 0 Å². The van der Waals surface area contributed by atoms with Crippen LogP contribution in [0.1, 0.15) is 46.5 Å². The van der Waals surface area contributed by atoms with E-state index in [0.29, 0.717) is 0 Å². The Kier molecular flexibility index (Phi) is 5.62. The highest BCUT2D eigenvalue weighted by molar-refractivity contribution is 4.89. The van der Waals surface area contributed by atoms with Gasteiger partial charge in [0.2, 0.25) is 0 Å². The molecular formula is C13H28N2. The summed E-state index contributed by atoms with van der Waals surface area (Å²) < 4.78 is 0. The predicted octanol–water partition coefficient (Wildman–Crippen LogP) is 2.49. The summed E-state index contributed by atoms with van der Waals surface area (Å²) in [6.45, 7) is 9.38. The first-order valence-corrected chi connectivity index (χ1v) is 6.59. The molecule has 0 radical (unpaired) electrons. The van der Waals surface area contributed by atoms with Gasteiger partial charge in [0.1, 0.15) is 0 Å². The molecule has 0 saturated heterocycles. The van der Waals surface area contributed by atoms with E-state index in [1.54, 1.807) is 0 Å². The first-order valence-electron chi connectivity index (χ1n) is 6.59. The first kappa shape index (κ1) is 13.0. The summed E-state index contributed by atoms with van der Waals surface area (Å²) >= 11 is 0. The molecule has 2 heteroatoms. The Balaban J connectivity index is 2.48. The number of hydrogen-bond acceptors (Lipinski definition) is 2. The summed E-state index contributed by atoms with van der Waals surface area (Å²) in [5.41, 5.74) is 0. The molecule has 1 atom stereocenters. The lowest BCUT2D eigenvalue weighted by atomic mass is 10.1. The van der Waals surface area contributed by atoms with Gasteiger partial charge in [0, 0.05) is 25.2 Å². The lowest BCUT2D eigenvalue weighted by Gasteiger charge is -2.33. The molecule has 90 valence electrons. The summed E-state index contributed by atoms with van der Waals surface area (Å²) in [6.07, 6.45) is 5.49. The van der Waals surface area contributed by atoms with Crippen molar-refractivity contribution in [2.24, 2.45) is 5.92 Å². The van der Waals surface area contributed by atoms with Gasteiger partial charge in [-0.15, -0.1) is 0 Å². The Bertz CT molecular complexity index is 158. The van der Waals surface area contributed by atoms with Crippen molar-refractivity contribution in [1.82, 2.24) is 10.2 Å². The second-order valence-corrected chi connectivity index (χ2v) is 5.32. The highest BCUT2D eigenvalue weighted by Crippen LogP contribution is 2.30. The van der Waals surface area contributed by atoms with Crippen LogP contribution in [0.25, 0.3) is 0 Å². The van der Waals surface area contributed by atoms with Crippen LogP contribution in [0.2, 0.25) is 0 Å². The molecule has 1 aliphatic carbocycles. The molecule has 1 saturated carbocycles. The van der Waals surface area contributed by atoms with Crippen LogP contribution in [-0.4, -0.2) is 37.1 Å². The summed E-state index contributed by atoms with van der Waals surface area (Å²) in [7, 11) is 2.07. The second kappa shape index (κ2) is 6.49. The Morgan fingerprint density at radius 1 is 1.33 bits per heavy atom. The fraction of sp³-hybridized carbons (Fsp3) is 1.00. The number of nitrogens with zero attached hydrogens (tertiary/aromatic N) is 1. The smallest absolute Gasteiger partial charge is 0.0223 e. The lowest BCUT2D eigenvalue weighted by Crippen LogP contribution is -2.44. The molecule has 0 aliphatic heterocycles. The quantitative estimate of drug-likeness (QED) is 0.665. The number of rotatable bonds is 8. The van der Waals surface area contributed by atoms with Gasteiger partial charge in [-0.3, -0.25) is 4.90 Å². The maximum atomic E-state index is 3.35. The van der Waals surface area contributed by atoms with Crippen LogP contribution >= 0.6 is 0 Å². The van der Waals surface area contributed by atoms with Gasteiger partial charge < -0.3 is 5.32 Å². The fourth-order valence-electron chi connectivity index (χ4n) is 2.38. The number of likely N-dealkylation sites (N-methyl/N-ethyl adjacent to an activating group) is 1. The van der Waals surface area contributed by atoms with Gasteiger partial charge in [0.25, 0.3) is 0 Å². The number of nitrogens with one attached hydrogen (secondary N) is 1. The maximum absolute atomic E-state index is 3.35. The van der Waals surface area contributed by atoms with Crippen molar-refractivity contribution >= 4 is 0 Å². The molecule has 1 fully saturated rings. The van der Waals surface area contributed by atoms with E-state index in [9.17, 15) is 0 Å². The maximum Gasteiger partial charge on any atom is 0.0223 e. The normalized spacial score (nSPS) is 18.8. The van der Waals surface area contributed by atoms with E-state index in [0.717, 1.165) is 24.5 Å². The summed E-state index contributed by atoms with van der Waals surface area (Å²) in [6, 6.07) is 1.66. The minimum Gasteiger partial charge on any atom is -0.318 e. The van der Waals surface area contributed by atoms with Crippen LogP contribution in [0, 0.1) is 5.92 Å². The molecule has 1 N–H and O–H groups in total. The Morgan fingerprint density at radius 3 is 2.40 bits per heavy atom. The molecule has 15 heavy (non-hydrogen) atoms. The van der Waals surface area contributed by atoms with Gasteiger partial charge in [0.15, 0.2) is 0 Å². The third kappa shape index (κ3) is 4.52. The van der Waals surface area contributed by atoms with Crippen molar-refractivity contribution in [2.75, 3.05) is 20.1 Å². The molecule has 0 spiro atoms. The van der Waals surface area contributed by atoms with Gasteiger partial charge in [-0.2, -0.15) is 0 Å². The monoisotopic (exact) mass is 212 g/mol. The Morgan fingerprint density at radius 2 is 2.00 bits per heavy atom. The van der Waals surface area contributed by atoms with E-state index >= 15 is 0 Å². The topological polar surface area (TPSA) is 15.3 Å². The standard InChI is InChI=1S/C13H28N2/c1-5-6-13(9-14-4)15(10-11(2)3)12-7-8-12/h11-14H,5-10H2,1-4H3. The summed E-state index contributed by atoms with van der Waals surface area (Å²) in [5, 5.41) is 3.35. The molecule has 1 unspecified atom stereocenters. The van der Waals surface area contributed by atoms with E-state index < -0.39 is 0 Å². The predicted molar refractivity (Wildman–Crippen MR) is 67.2 cm³/mol. The van der Waals surface area contributed by atoms with E-state index in [1.165, 1.54) is 32.2 Å². The highest BCUT2D eigenvalue weighted by atomic mass is 15.2. The van der Waals surface area contributed by atoms with E-state index in [1.807, 2.05) is 0 Å². The SMILES string of the molecule is CCCC(CNC)N(CC(C)C)C1CC1. The second-order valence-electron chi connectivity index (χ2n) is 5.32. The minimum absolute atomic E-state index is 0.759. The summed E-state index contributed by atoms with van der Waals surface area (Å²) in [5.74, 6) is 0.793. The van der Waals surface area contributed by atoms with Gasteiger partial charge in [-0.25, -0.2) is 0 Å². The van der Waals surface area contributed by atoms with Crippen molar-refractivity contribution in [3.63, 3.8) is 0 Å². The van der Waals surface area contributed by atoms with Crippen LogP contribution in [0.15, 0.2) is 0 Å². The fourth-order valence-corrected chi connectivity index (χ4v) is 2.38. The van der Waals surface area contributed by atoms with Crippen LogP contribution < -0.4 is 5.32 Å². The third-order valence-corrected chi connectivity index (χ3v) is 3.12. The van der Waals surface area contributed by atoms with Gasteiger partial charge in [-0.05, 0) is 32.2 Å². The van der Waals surface area contributed by atoms with Crippen molar-refractivity contribution < 1.29 is 0 Å². The zero-order valence-electron chi connectivity index (χ0n) is 10.9. The molecule has 0 aromatic heterocycles. The van der Waals surface area contributed by atoms with Crippen LogP contribution in [0.5, 0.6) is 0 Å². The molecular weight excluding hydrogens is 184 g/mol. The van der Waals surface area contributed by atoms with Crippen molar-refractivity contribution in [3.05, 3.63) is 0 Å². The van der Waals surface area contributed by atoms with Crippen molar-refractivity contribution in [1.29, 1.82) is 0 Å². The summed E-state index contributed by atoms with van der Waals surface area (Å²) in [4.78, 5) is 2.75. The van der Waals surface area contributed by atoms with Gasteiger partial charge in [0.05, 0.1) is 0 Å². The molecule has 2 nitrogen and oxygen atoms in total. The molecule has 1 aliphatic rings. The molecule has 0 heterocycles. The lowest BCUT2D eigenvalue weighted by molar-refractivity contribution is 0.155. The van der Waals surface area contributed by atoms with Crippen LogP contribution in [0.4, 0.5) is 0 Å². The van der Waals surface area contributed by atoms with E-state index in [-0.39, 0.29) is 0 Å². The molecule has 1 rings (SSSR count). The first-order chi connectivity index (χ1) is 7.19. The average Bonchev–Trinajstić information content (AvgIpc) is 2.97. The zero-order chi connectivity index (χ0) is 11.3. The van der Waals surface area contributed by atoms with Crippen molar-refractivity contribution in [2.45, 2.75) is 58.5 Å². The largest absolute Gasteiger partial charge is 0.318 e. The zero-order valence-corrected chi connectivity index (χ0v) is 10.9. The Hall–Kier alpha value is -0.0800. The van der Waals surface area contributed by atoms with E-state index in [4.69, 9.17) is 0 Å². The van der Waals surface area contributed by atoms with Gasteiger partial charge in [-0.1, -0.05) is 27.2 Å². The van der Waals surface area contributed by atoms with Gasteiger partial charge >= 0.3 is 0 Å². The van der Waals surface area contributed by atoms with Crippen molar-refractivity contribution in [3.8, 4) is 0 Å².